The summed E-state index contributed by atoms with van der Waals surface area (Å²) in [5.41, 5.74) is 3.07. The van der Waals surface area contributed by atoms with Crippen molar-refractivity contribution in [1.29, 1.82) is 0 Å². The summed E-state index contributed by atoms with van der Waals surface area (Å²) in [6.45, 7) is 9.58. The van der Waals surface area contributed by atoms with Crippen LogP contribution in [0.4, 0.5) is 61.8 Å². The van der Waals surface area contributed by atoms with Gasteiger partial charge in [-0.05, 0) is 93.1 Å². The Balaban J connectivity index is 0.000000222. The molecule has 0 saturated carbocycles. The quantitative estimate of drug-likeness (QED) is 0.0271. The van der Waals surface area contributed by atoms with Crippen LogP contribution in [-0.4, -0.2) is 137 Å². The third-order valence-electron chi connectivity index (χ3n) is 12.4. The van der Waals surface area contributed by atoms with Gasteiger partial charge in [0.15, 0.2) is 50.4 Å². The van der Waals surface area contributed by atoms with Gasteiger partial charge in [0.25, 0.3) is 17.1 Å². The van der Waals surface area contributed by atoms with Gasteiger partial charge in [-0.25, -0.2) is 65.6 Å². The topological polar surface area (TPSA) is 381 Å². The Kier molecular flexibility index (Phi) is 25.1. The van der Waals surface area contributed by atoms with Crippen LogP contribution >= 0.6 is 10.7 Å². The molecule has 0 saturated heterocycles. The SMILES string of the molecule is CCCS(=O)(=O)Cc1c([N+](=O)[O-])ccc(Oc2ccc3c(c2)C2=NCCCN2C=N3)c1F.CCCS(=O)(=O)Cl.CCCS(=O)(=O)N(c1c([N+](=O)[O-])ccc(F)c1F)S(=O)(=O)CCC.Nc1c([N+](=O)[O-])ccc(F)c1F.Oc1ccc2c(c1)C1=NCCCN1C=N2. The molecule has 27 nitrogen and oxygen atoms in total. The first kappa shape index (κ1) is 72.3. The van der Waals surface area contributed by atoms with E-state index in [0.29, 0.717) is 43.3 Å². The minimum absolute atomic E-state index is 0.0226. The standard InChI is InChI=1S/C21H21FN4O5S.C12H16F2N2O6S2.C11H11N3O.C6H4F2N2O2.C3H7ClO2S/c1-2-10-32(29,30)12-16-18(26(27)28)6-7-19(20(16)22)31-14-4-5-17-15(11-14)21-23-8-3-9-25(21)13-24-17;1-3-7-23(19,20)16(24(21,22)8-4-2)12-10(15(17)18)6-5-9(13)11(12)14;15-8-2-3-10-9(6-8)11-12-4-1-5-14(11)7-13-10;7-3-1-2-4(10(11)12)6(9)5(3)8;1-2-3-7(4,5)6/h4-7,11,13H,2-3,8-10,12H2,1H3;5-6H,3-4,7-8H2,1-2H3;2-3,6-7,15H,1,4-5H2;1-2H,9H2;2-3H2,1H3. The number of nitro benzene ring substituents is 3. The molecule has 5 aromatic rings. The Bertz CT molecular complexity index is 4100. The van der Waals surface area contributed by atoms with Crippen LogP contribution in [-0.2, 0) is 44.7 Å². The number of anilines is 2. The van der Waals surface area contributed by atoms with Crippen molar-refractivity contribution >= 4 is 114 Å². The fraction of sp³-hybridized carbons (Fsp3) is 0.358. The molecule has 0 amide bonds. The van der Waals surface area contributed by atoms with Crippen molar-refractivity contribution in [2.45, 2.75) is 72.0 Å². The molecule has 0 spiro atoms. The molecule has 0 aliphatic carbocycles. The highest BCUT2D eigenvalue weighted by atomic mass is 35.7. The molecular formula is C53H59ClF5N11O16S4. The number of aliphatic imine (C=N–C) groups is 4. The van der Waals surface area contributed by atoms with Crippen LogP contribution < -0.4 is 14.2 Å². The minimum Gasteiger partial charge on any atom is -0.508 e. The number of hydrogen-bond donors (Lipinski definition) is 2. The fourth-order valence-corrected chi connectivity index (χ4v) is 15.1. The lowest BCUT2D eigenvalue weighted by molar-refractivity contribution is -0.385. The molecule has 4 heterocycles. The highest BCUT2D eigenvalue weighted by Crippen LogP contribution is 2.39. The van der Waals surface area contributed by atoms with E-state index in [2.05, 4.69) is 20.0 Å². The first-order valence-corrected chi connectivity index (χ1v) is 34.4. The van der Waals surface area contributed by atoms with Gasteiger partial charge in [0.1, 0.15) is 28.9 Å². The lowest BCUT2D eigenvalue weighted by Gasteiger charge is -2.29. The number of rotatable bonds is 18. The van der Waals surface area contributed by atoms with Crippen molar-refractivity contribution in [2.75, 3.05) is 58.6 Å². The maximum atomic E-state index is 15.2. The lowest BCUT2D eigenvalue weighted by atomic mass is 10.1. The summed E-state index contributed by atoms with van der Waals surface area (Å²) in [7, 11) is -11.4. The number of nitrogen functional groups attached to an aromatic ring is 1. The number of fused-ring (bicyclic) bond motifs is 6. The van der Waals surface area contributed by atoms with Gasteiger partial charge >= 0.3 is 0 Å². The van der Waals surface area contributed by atoms with Gasteiger partial charge in [-0.2, -0.15) is 3.71 Å². The van der Waals surface area contributed by atoms with Crippen molar-refractivity contribution in [2.24, 2.45) is 20.0 Å². The van der Waals surface area contributed by atoms with Crippen molar-refractivity contribution < 1.29 is 80.2 Å². The van der Waals surface area contributed by atoms with Crippen LogP contribution in [0.1, 0.15) is 82.9 Å². The molecule has 0 bridgehead atoms. The number of nitrogens with two attached hydrogens (primary N) is 1. The Labute approximate surface area is 518 Å². The molecule has 3 N–H and O–H groups in total. The third kappa shape index (κ3) is 18.8. The summed E-state index contributed by atoms with van der Waals surface area (Å²) >= 11 is 0. The van der Waals surface area contributed by atoms with Gasteiger partial charge in [0.05, 0.1) is 73.1 Å². The number of phenols is 1. The fourth-order valence-electron chi connectivity index (χ4n) is 8.55. The largest absolute Gasteiger partial charge is 0.508 e. The number of phenolic OH excluding ortho intramolecular Hbond substituents is 1. The third-order valence-corrected chi connectivity index (χ3v) is 20.1. The normalized spacial score (nSPS) is 13.8. The molecule has 4 aliphatic rings. The summed E-state index contributed by atoms with van der Waals surface area (Å²) in [5.74, 6) is -7.52. The molecule has 5 aromatic carbocycles. The number of sulfonamides is 2. The molecule has 488 valence electrons. The highest BCUT2D eigenvalue weighted by Gasteiger charge is 2.41. The zero-order chi connectivity index (χ0) is 67.1. The maximum Gasteiger partial charge on any atom is 0.298 e. The van der Waals surface area contributed by atoms with Crippen molar-refractivity contribution in [3.63, 3.8) is 0 Å². The van der Waals surface area contributed by atoms with Crippen molar-refractivity contribution in [3.8, 4) is 17.2 Å². The van der Waals surface area contributed by atoms with E-state index in [1.807, 2.05) is 22.2 Å². The predicted octanol–water partition coefficient (Wildman–Crippen LogP) is 10.1. The Morgan fingerprint density at radius 1 is 0.611 bits per heavy atom. The summed E-state index contributed by atoms with van der Waals surface area (Å²) in [6, 6.07) is 14.8. The van der Waals surface area contributed by atoms with E-state index in [1.54, 1.807) is 50.5 Å². The van der Waals surface area contributed by atoms with E-state index >= 15 is 4.39 Å². The molecule has 0 aromatic heterocycles. The second-order valence-corrected chi connectivity index (χ2v) is 28.5. The number of nitrogens with zero attached hydrogens (tertiary/aromatic N) is 10. The average molecular weight is 1360 g/mol. The molecule has 4 aliphatic heterocycles. The molecule has 0 radical (unpaired) electrons. The van der Waals surface area contributed by atoms with E-state index in [9.17, 15) is 86.7 Å². The van der Waals surface area contributed by atoms with Crippen molar-refractivity contribution in [1.82, 2.24) is 9.80 Å². The van der Waals surface area contributed by atoms with E-state index < -0.39 is 134 Å². The van der Waals surface area contributed by atoms with Crippen LogP contribution in [0.2, 0.25) is 0 Å². The molecule has 0 fully saturated rings. The predicted molar refractivity (Wildman–Crippen MR) is 328 cm³/mol. The molecule has 0 atom stereocenters. The summed E-state index contributed by atoms with van der Waals surface area (Å²) in [4.78, 5) is 51.4. The summed E-state index contributed by atoms with van der Waals surface area (Å²) < 4.78 is 167. The van der Waals surface area contributed by atoms with E-state index in [0.717, 1.165) is 79.2 Å². The summed E-state index contributed by atoms with van der Waals surface area (Å²) in [5, 5.41) is 42.0. The number of halogens is 6. The molecule has 90 heavy (non-hydrogen) atoms. The molecular weight excluding hydrogens is 1310 g/mol. The average Bonchev–Trinajstić information content (AvgIpc) is 0.792. The van der Waals surface area contributed by atoms with Crippen LogP contribution in [0.3, 0.4) is 0 Å². The van der Waals surface area contributed by atoms with Crippen LogP contribution in [0, 0.1) is 59.4 Å². The van der Waals surface area contributed by atoms with E-state index in [1.165, 1.54) is 13.8 Å². The van der Waals surface area contributed by atoms with Gasteiger partial charge in [0, 0.05) is 66.2 Å². The molecule has 0 unspecified atom stereocenters. The van der Waals surface area contributed by atoms with Crippen LogP contribution in [0.15, 0.2) is 92.8 Å². The van der Waals surface area contributed by atoms with E-state index in [-0.39, 0.29) is 45.3 Å². The molecule has 9 rings (SSSR count). The number of sulfone groups is 1. The summed E-state index contributed by atoms with van der Waals surface area (Å²) in [6.07, 6.45) is 6.38. The monoisotopic (exact) mass is 1360 g/mol. The van der Waals surface area contributed by atoms with Crippen molar-refractivity contribution in [3.05, 3.63) is 149 Å². The highest BCUT2D eigenvalue weighted by molar-refractivity contribution is 8.13. The zero-order valence-corrected chi connectivity index (χ0v) is 52.2. The Morgan fingerprint density at radius 2 is 1.08 bits per heavy atom. The van der Waals surface area contributed by atoms with Crippen LogP contribution in [0.5, 0.6) is 17.2 Å². The number of benzene rings is 5. The first-order chi connectivity index (χ1) is 42.2. The number of ether oxygens (including phenoxy) is 1. The Morgan fingerprint density at radius 3 is 1.56 bits per heavy atom. The van der Waals surface area contributed by atoms with Gasteiger partial charge in [-0.15, -0.1) is 0 Å². The lowest BCUT2D eigenvalue weighted by Crippen LogP contribution is -2.41. The van der Waals surface area contributed by atoms with E-state index in [4.69, 9.17) is 21.2 Å². The number of nitro groups is 3. The molecule has 37 heteroatoms. The minimum atomic E-state index is -4.67. The van der Waals surface area contributed by atoms with Crippen LogP contribution in [0.25, 0.3) is 0 Å². The number of amidine groups is 2. The maximum absolute atomic E-state index is 15.2. The zero-order valence-electron chi connectivity index (χ0n) is 48.2. The number of aromatic hydroxyl groups is 1. The van der Waals surface area contributed by atoms with Gasteiger partial charge < -0.3 is 25.4 Å². The van der Waals surface area contributed by atoms with Gasteiger partial charge in [-0.3, -0.25) is 40.3 Å². The van der Waals surface area contributed by atoms with Gasteiger partial charge in [-0.1, -0.05) is 27.7 Å². The van der Waals surface area contributed by atoms with Gasteiger partial charge in [0.2, 0.25) is 29.1 Å². The Hall–Kier alpha value is -8.48. The second kappa shape index (κ2) is 31.3. The first-order valence-electron chi connectivity index (χ1n) is 26.9. The second-order valence-electron chi connectivity index (χ2n) is 19.3. The smallest absolute Gasteiger partial charge is 0.298 e. The number of hydrogen-bond acceptors (Lipinski definition) is 23.